The lowest BCUT2D eigenvalue weighted by atomic mass is 9.83. The first-order valence-corrected chi connectivity index (χ1v) is 9.13. The number of alkyl halides is 2. The van der Waals surface area contributed by atoms with Crippen LogP contribution in [0.1, 0.15) is 44.1 Å². The lowest BCUT2D eigenvalue weighted by molar-refractivity contribution is -0.163. The first-order chi connectivity index (χ1) is 12.8. The maximum atomic E-state index is 13.9. The molecule has 1 fully saturated rings. The van der Waals surface area contributed by atoms with E-state index in [4.69, 9.17) is 10.5 Å². The average Bonchev–Trinajstić information content (AvgIpc) is 2.66. The standard InChI is InChI=1S/C19H26F2N2O4/c20-19(21,17(22)25)16(24)15(11-13-7-3-1-4-8-13)23-18(26)27-12-14-9-5-2-6-10-14/h2,5-6,9-10,13,15-16,24H,1,3-4,7-8,11-12H2,(H2,22,25)(H,23,26). The van der Waals surface area contributed by atoms with E-state index in [0.717, 1.165) is 37.7 Å². The number of alkyl carbamates (subject to hydrolysis) is 1. The quantitative estimate of drug-likeness (QED) is 0.641. The molecule has 2 atom stereocenters. The van der Waals surface area contributed by atoms with Crippen molar-refractivity contribution in [3.63, 3.8) is 0 Å². The molecule has 2 rings (SSSR count). The number of amides is 2. The Morgan fingerprint density at radius 2 is 1.85 bits per heavy atom. The third-order valence-electron chi connectivity index (χ3n) is 4.91. The van der Waals surface area contributed by atoms with Gasteiger partial charge in [-0.25, -0.2) is 4.79 Å². The van der Waals surface area contributed by atoms with E-state index < -0.39 is 30.1 Å². The molecular weight excluding hydrogens is 358 g/mol. The number of primary amides is 1. The third-order valence-corrected chi connectivity index (χ3v) is 4.91. The van der Waals surface area contributed by atoms with Crippen LogP contribution in [-0.4, -0.2) is 35.2 Å². The minimum Gasteiger partial charge on any atom is -0.445 e. The summed E-state index contributed by atoms with van der Waals surface area (Å²) in [4.78, 5) is 23.1. The summed E-state index contributed by atoms with van der Waals surface area (Å²) in [6.45, 7) is -0.0366. The van der Waals surface area contributed by atoms with Crippen LogP contribution in [-0.2, 0) is 16.1 Å². The minimum atomic E-state index is -4.15. The summed E-state index contributed by atoms with van der Waals surface area (Å²) >= 11 is 0. The molecule has 0 aliphatic heterocycles. The van der Waals surface area contributed by atoms with Gasteiger partial charge in [0.05, 0.1) is 6.04 Å². The van der Waals surface area contributed by atoms with Gasteiger partial charge in [0.15, 0.2) is 0 Å². The summed E-state index contributed by atoms with van der Waals surface area (Å²) in [7, 11) is 0. The van der Waals surface area contributed by atoms with Crippen LogP contribution in [0.4, 0.5) is 13.6 Å². The number of carbonyl (C=O) groups excluding carboxylic acids is 2. The zero-order valence-electron chi connectivity index (χ0n) is 15.1. The van der Waals surface area contributed by atoms with E-state index in [0.29, 0.717) is 0 Å². The van der Waals surface area contributed by atoms with Crippen LogP contribution in [0.3, 0.4) is 0 Å². The van der Waals surface area contributed by atoms with E-state index in [1.54, 1.807) is 24.3 Å². The molecule has 0 spiro atoms. The molecule has 1 aliphatic rings. The predicted octanol–water partition coefficient (Wildman–Crippen LogP) is 2.73. The molecule has 1 aliphatic carbocycles. The number of benzene rings is 1. The number of rotatable bonds is 8. The maximum Gasteiger partial charge on any atom is 0.407 e. The van der Waals surface area contributed by atoms with Gasteiger partial charge < -0.3 is 20.9 Å². The number of hydrogen-bond acceptors (Lipinski definition) is 4. The number of hydrogen-bond donors (Lipinski definition) is 3. The normalized spacial score (nSPS) is 17.7. The Morgan fingerprint density at radius 1 is 1.22 bits per heavy atom. The van der Waals surface area contributed by atoms with Gasteiger partial charge in [0.25, 0.3) is 5.91 Å². The Balaban J connectivity index is 2.01. The molecule has 0 bridgehead atoms. The molecule has 0 saturated heterocycles. The van der Waals surface area contributed by atoms with Gasteiger partial charge >= 0.3 is 12.0 Å². The van der Waals surface area contributed by atoms with Crippen molar-refractivity contribution in [3.05, 3.63) is 35.9 Å². The number of nitrogens with one attached hydrogen (secondary N) is 1. The zero-order valence-corrected chi connectivity index (χ0v) is 15.1. The highest BCUT2D eigenvalue weighted by molar-refractivity contribution is 5.82. The fraction of sp³-hybridized carbons (Fsp3) is 0.579. The minimum absolute atomic E-state index is 0.0366. The molecule has 2 unspecified atom stereocenters. The van der Waals surface area contributed by atoms with E-state index >= 15 is 0 Å². The molecule has 1 aromatic rings. The summed E-state index contributed by atoms with van der Waals surface area (Å²) in [6.07, 6.45) is 1.45. The summed E-state index contributed by atoms with van der Waals surface area (Å²) in [5.41, 5.74) is 5.45. The first kappa shape index (κ1) is 21.1. The Hall–Kier alpha value is -2.22. The van der Waals surface area contributed by atoms with E-state index in [2.05, 4.69) is 5.32 Å². The van der Waals surface area contributed by atoms with Crippen LogP contribution < -0.4 is 11.1 Å². The Bertz CT molecular complexity index is 621. The van der Waals surface area contributed by atoms with Crippen LogP contribution in [0, 0.1) is 5.92 Å². The van der Waals surface area contributed by atoms with E-state index in [9.17, 15) is 23.5 Å². The fourth-order valence-corrected chi connectivity index (χ4v) is 3.36. The largest absolute Gasteiger partial charge is 0.445 e. The molecule has 6 nitrogen and oxygen atoms in total. The van der Waals surface area contributed by atoms with Gasteiger partial charge in [-0.3, -0.25) is 4.79 Å². The molecule has 0 radical (unpaired) electrons. The smallest absolute Gasteiger partial charge is 0.407 e. The molecule has 2 amide bonds. The highest BCUT2D eigenvalue weighted by Gasteiger charge is 2.49. The van der Waals surface area contributed by atoms with Crippen molar-refractivity contribution >= 4 is 12.0 Å². The highest BCUT2D eigenvalue weighted by atomic mass is 19.3. The van der Waals surface area contributed by atoms with Gasteiger partial charge in [-0.05, 0) is 17.9 Å². The maximum absolute atomic E-state index is 13.9. The summed E-state index contributed by atoms with van der Waals surface area (Å²) in [6, 6.07) is 7.54. The number of carbonyl (C=O) groups is 2. The van der Waals surface area contributed by atoms with Crippen molar-refractivity contribution in [2.45, 2.75) is 63.2 Å². The predicted molar refractivity (Wildman–Crippen MR) is 94.9 cm³/mol. The van der Waals surface area contributed by atoms with Gasteiger partial charge in [0.2, 0.25) is 0 Å². The summed E-state index contributed by atoms with van der Waals surface area (Å²) in [5.74, 6) is -5.99. The van der Waals surface area contributed by atoms with Crippen molar-refractivity contribution < 1.29 is 28.2 Å². The van der Waals surface area contributed by atoms with Crippen molar-refractivity contribution in [2.24, 2.45) is 11.7 Å². The van der Waals surface area contributed by atoms with Crippen LogP contribution >= 0.6 is 0 Å². The highest BCUT2D eigenvalue weighted by Crippen LogP contribution is 2.31. The van der Waals surface area contributed by atoms with Gasteiger partial charge in [0.1, 0.15) is 12.7 Å². The lowest BCUT2D eigenvalue weighted by Crippen LogP contribution is -2.57. The molecule has 0 heterocycles. The number of nitrogens with two attached hydrogens (primary N) is 1. The Kier molecular flexibility index (Phi) is 7.53. The monoisotopic (exact) mass is 384 g/mol. The number of halogens is 2. The van der Waals surface area contributed by atoms with E-state index in [1.165, 1.54) is 0 Å². The summed E-state index contributed by atoms with van der Waals surface area (Å²) in [5, 5.41) is 12.3. The average molecular weight is 384 g/mol. The number of ether oxygens (including phenoxy) is 1. The van der Waals surface area contributed by atoms with Crippen molar-refractivity contribution in [1.82, 2.24) is 5.32 Å². The molecule has 0 aromatic heterocycles. The topological polar surface area (TPSA) is 102 Å². The SMILES string of the molecule is NC(=O)C(F)(F)C(O)C(CC1CCCCC1)NC(=O)OCc1ccccc1. The van der Waals surface area contributed by atoms with Gasteiger partial charge in [-0.1, -0.05) is 62.4 Å². The van der Waals surface area contributed by atoms with Crippen LogP contribution in [0.15, 0.2) is 30.3 Å². The molecule has 150 valence electrons. The van der Waals surface area contributed by atoms with Crippen LogP contribution in [0.5, 0.6) is 0 Å². The van der Waals surface area contributed by atoms with Gasteiger partial charge in [0, 0.05) is 0 Å². The van der Waals surface area contributed by atoms with Gasteiger partial charge in [-0.2, -0.15) is 8.78 Å². The molecular formula is C19H26F2N2O4. The molecule has 1 saturated carbocycles. The third kappa shape index (κ3) is 6.16. The second-order valence-corrected chi connectivity index (χ2v) is 6.98. The second kappa shape index (κ2) is 9.64. The van der Waals surface area contributed by atoms with Crippen LogP contribution in [0.2, 0.25) is 0 Å². The molecule has 27 heavy (non-hydrogen) atoms. The summed E-state index contributed by atoms with van der Waals surface area (Å²) < 4.78 is 32.9. The lowest BCUT2D eigenvalue weighted by Gasteiger charge is -2.32. The molecule has 1 aromatic carbocycles. The number of aliphatic hydroxyl groups excluding tert-OH is 1. The fourth-order valence-electron chi connectivity index (χ4n) is 3.36. The van der Waals surface area contributed by atoms with Crippen LogP contribution in [0.25, 0.3) is 0 Å². The van der Waals surface area contributed by atoms with Crippen molar-refractivity contribution in [2.75, 3.05) is 0 Å². The van der Waals surface area contributed by atoms with E-state index in [-0.39, 0.29) is 18.9 Å². The second-order valence-electron chi connectivity index (χ2n) is 6.98. The van der Waals surface area contributed by atoms with E-state index in [1.807, 2.05) is 6.07 Å². The Labute approximate surface area is 157 Å². The zero-order chi connectivity index (χ0) is 19.9. The van der Waals surface area contributed by atoms with Gasteiger partial charge in [-0.15, -0.1) is 0 Å². The van der Waals surface area contributed by atoms with Crippen molar-refractivity contribution in [3.8, 4) is 0 Å². The number of aliphatic hydroxyl groups is 1. The van der Waals surface area contributed by atoms with Crippen molar-refractivity contribution in [1.29, 1.82) is 0 Å². The first-order valence-electron chi connectivity index (χ1n) is 9.13. The molecule has 8 heteroatoms. The Morgan fingerprint density at radius 3 is 2.44 bits per heavy atom. The molecule has 4 N–H and O–H groups in total.